The molecule has 1 aromatic rings. The van der Waals surface area contributed by atoms with Crippen molar-refractivity contribution in [3.63, 3.8) is 0 Å². The van der Waals surface area contributed by atoms with E-state index in [2.05, 4.69) is 21.2 Å². The molecule has 2 unspecified atom stereocenters. The van der Waals surface area contributed by atoms with Crippen molar-refractivity contribution in [2.24, 2.45) is 0 Å². The Labute approximate surface area is 113 Å². The van der Waals surface area contributed by atoms with Gasteiger partial charge >= 0.3 is 0 Å². The molecule has 0 aliphatic heterocycles. The van der Waals surface area contributed by atoms with E-state index in [-0.39, 0.29) is 23.2 Å². The maximum Gasteiger partial charge on any atom is 0.252 e. The van der Waals surface area contributed by atoms with Gasteiger partial charge in [0.15, 0.2) is 0 Å². The van der Waals surface area contributed by atoms with Crippen LogP contribution in [0.4, 0.5) is 10.1 Å². The fourth-order valence-electron chi connectivity index (χ4n) is 1.61. The first-order chi connectivity index (χ1) is 8.31. The summed E-state index contributed by atoms with van der Waals surface area (Å²) >= 11 is 3.12. The van der Waals surface area contributed by atoms with Gasteiger partial charge in [-0.25, -0.2) is 4.39 Å². The minimum atomic E-state index is -0.574. The number of rotatable bonds is 4. The van der Waals surface area contributed by atoms with Crippen molar-refractivity contribution < 1.29 is 14.3 Å². The van der Waals surface area contributed by atoms with Gasteiger partial charge in [0.2, 0.25) is 0 Å². The van der Waals surface area contributed by atoms with E-state index in [0.29, 0.717) is 10.9 Å². The van der Waals surface area contributed by atoms with Crippen LogP contribution >= 0.6 is 15.9 Å². The van der Waals surface area contributed by atoms with Gasteiger partial charge in [0.25, 0.3) is 5.91 Å². The second-order valence-corrected chi connectivity index (χ2v) is 5.17. The lowest BCUT2D eigenvalue weighted by Gasteiger charge is -2.16. The number of nitrogens with one attached hydrogen (secondary N) is 1. The molecular weight excluding hydrogens is 303 g/mol. The molecule has 0 radical (unpaired) electrons. The van der Waals surface area contributed by atoms with Crippen LogP contribution in [0.2, 0.25) is 0 Å². The number of halogens is 2. The number of anilines is 1. The van der Waals surface area contributed by atoms with Crippen LogP contribution in [0.25, 0.3) is 0 Å². The van der Waals surface area contributed by atoms with Crippen molar-refractivity contribution in [2.75, 3.05) is 5.73 Å². The van der Waals surface area contributed by atoms with E-state index in [0.717, 1.165) is 6.07 Å². The highest BCUT2D eigenvalue weighted by molar-refractivity contribution is 9.10. The van der Waals surface area contributed by atoms with Crippen molar-refractivity contribution in [3.05, 3.63) is 28.0 Å². The number of amides is 1. The average molecular weight is 319 g/mol. The molecule has 1 amide bonds. The van der Waals surface area contributed by atoms with Crippen molar-refractivity contribution in [1.29, 1.82) is 0 Å². The summed E-state index contributed by atoms with van der Waals surface area (Å²) in [5.41, 5.74) is 5.62. The molecule has 2 atom stereocenters. The number of aliphatic hydroxyl groups is 1. The van der Waals surface area contributed by atoms with E-state index in [9.17, 15) is 14.3 Å². The first-order valence-corrected chi connectivity index (χ1v) is 6.34. The Balaban J connectivity index is 2.82. The summed E-state index contributed by atoms with van der Waals surface area (Å²) in [4.78, 5) is 11.9. The third kappa shape index (κ3) is 3.96. The molecule has 1 rings (SSSR count). The summed E-state index contributed by atoms with van der Waals surface area (Å²) < 4.78 is 13.5. The van der Waals surface area contributed by atoms with Gasteiger partial charge in [-0.1, -0.05) is 0 Å². The number of aliphatic hydroxyl groups excluding tert-OH is 1. The molecule has 100 valence electrons. The van der Waals surface area contributed by atoms with E-state index in [1.807, 2.05) is 0 Å². The van der Waals surface area contributed by atoms with Crippen LogP contribution in [0.15, 0.2) is 16.6 Å². The summed E-state index contributed by atoms with van der Waals surface area (Å²) in [5, 5.41) is 11.9. The minimum absolute atomic E-state index is 0.0773. The zero-order chi connectivity index (χ0) is 13.9. The molecule has 0 saturated heterocycles. The van der Waals surface area contributed by atoms with Gasteiger partial charge in [0.1, 0.15) is 5.82 Å². The molecule has 0 bridgehead atoms. The lowest BCUT2D eigenvalue weighted by molar-refractivity contribution is 0.0922. The molecule has 4 nitrogen and oxygen atoms in total. The molecule has 0 aliphatic carbocycles. The maximum atomic E-state index is 13.1. The Morgan fingerprint density at radius 3 is 2.72 bits per heavy atom. The largest absolute Gasteiger partial charge is 0.396 e. The molecule has 0 aromatic heterocycles. The number of hydrogen-bond acceptors (Lipinski definition) is 3. The van der Waals surface area contributed by atoms with Crippen LogP contribution in [0, 0.1) is 5.82 Å². The van der Waals surface area contributed by atoms with Gasteiger partial charge in [-0.15, -0.1) is 0 Å². The lowest BCUT2D eigenvalue weighted by Crippen LogP contribution is -2.34. The quantitative estimate of drug-likeness (QED) is 0.744. The van der Waals surface area contributed by atoms with Crippen LogP contribution in [0.5, 0.6) is 0 Å². The molecule has 0 spiro atoms. The highest BCUT2D eigenvalue weighted by Gasteiger charge is 2.16. The number of nitrogens with two attached hydrogens (primary N) is 1. The van der Waals surface area contributed by atoms with Crippen LogP contribution in [0.1, 0.15) is 30.6 Å². The van der Waals surface area contributed by atoms with Gasteiger partial charge in [-0.3, -0.25) is 4.79 Å². The standard InChI is InChI=1S/C12H16BrFN2O2/c1-6(3-7(2)17)16-12(18)8-4-11(15)10(14)5-9(8)13/h4-7,17H,3,15H2,1-2H3,(H,16,18). The van der Waals surface area contributed by atoms with Crippen LogP contribution in [-0.2, 0) is 0 Å². The first-order valence-electron chi connectivity index (χ1n) is 5.54. The monoisotopic (exact) mass is 318 g/mol. The second-order valence-electron chi connectivity index (χ2n) is 4.31. The molecule has 0 saturated carbocycles. The van der Waals surface area contributed by atoms with Gasteiger partial charge in [-0.2, -0.15) is 0 Å². The summed E-state index contributed by atoms with van der Waals surface area (Å²) in [6.45, 7) is 3.43. The third-order valence-corrected chi connectivity index (χ3v) is 3.06. The molecule has 0 aliphatic rings. The van der Waals surface area contributed by atoms with Gasteiger partial charge in [0.05, 0.1) is 17.4 Å². The Morgan fingerprint density at radius 2 is 2.17 bits per heavy atom. The van der Waals surface area contributed by atoms with E-state index in [1.165, 1.54) is 6.07 Å². The Bertz CT molecular complexity index is 452. The fourth-order valence-corrected chi connectivity index (χ4v) is 2.11. The number of carbonyl (C=O) groups excluding carboxylic acids is 1. The average Bonchev–Trinajstić information content (AvgIpc) is 2.21. The molecule has 1 aromatic carbocycles. The SMILES string of the molecule is CC(O)CC(C)NC(=O)c1cc(N)c(F)cc1Br. The Morgan fingerprint density at radius 1 is 1.56 bits per heavy atom. The van der Waals surface area contributed by atoms with Crippen molar-refractivity contribution in [1.82, 2.24) is 5.32 Å². The first kappa shape index (κ1) is 14.9. The van der Waals surface area contributed by atoms with Crippen LogP contribution in [-0.4, -0.2) is 23.2 Å². The van der Waals surface area contributed by atoms with E-state index in [4.69, 9.17) is 5.73 Å². The third-order valence-electron chi connectivity index (χ3n) is 2.40. The smallest absolute Gasteiger partial charge is 0.252 e. The predicted octanol–water partition coefficient (Wildman–Crippen LogP) is 2.06. The lowest BCUT2D eigenvalue weighted by atomic mass is 10.1. The molecule has 0 fully saturated rings. The van der Waals surface area contributed by atoms with Crippen molar-refractivity contribution in [3.8, 4) is 0 Å². The molecule has 18 heavy (non-hydrogen) atoms. The van der Waals surface area contributed by atoms with Gasteiger partial charge < -0.3 is 16.2 Å². The zero-order valence-electron chi connectivity index (χ0n) is 10.2. The minimum Gasteiger partial charge on any atom is -0.396 e. The van der Waals surface area contributed by atoms with Crippen molar-refractivity contribution >= 4 is 27.5 Å². The Hall–Kier alpha value is -1.14. The summed E-state index contributed by atoms with van der Waals surface area (Å²) in [6.07, 6.45) is -0.0536. The van der Waals surface area contributed by atoms with E-state index >= 15 is 0 Å². The molecular formula is C12H16BrFN2O2. The normalized spacial score (nSPS) is 14.1. The number of hydrogen-bond donors (Lipinski definition) is 3. The highest BCUT2D eigenvalue weighted by atomic mass is 79.9. The van der Waals surface area contributed by atoms with Gasteiger partial charge in [-0.05, 0) is 48.3 Å². The predicted molar refractivity (Wildman–Crippen MR) is 71.7 cm³/mol. The maximum absolute atomic E-state index is 13.1. The zero-order valence-corrected chi connectivity index (χ0v) is 11.8. The van der Waals surface area contributed by atoms with Gasteiger partial charge in [0, 0.05) is 10.5 Å². The van der Waals surface area contributed by atoms with E-state index in [1.54, 1.807) is 13.8 Å². The number of carbonyl (C=O) groups is 1. The summed E-state index contributed by atoms with van der Waals surface area (Å²) in [5.74, 6) is -0.933. The summed E-state index contributed by atoms with van der Waals surface area (Å²) in [6, 6.07) is 2.25. The summed E-state index contributed by atoms with van der Waals surface area (Å²) in [7, 11) is 0. The Kier molecular flexibility index (Phi) is 5.10. The highest BCUT2D eigenvalue weighted by Crippen LogP contribution is 2.22. The van der Waals surface area contributed by atoms with E-state index < -0.39 is 11.9 Å². The second kappa shape index (κ2) is 6.15. The van der Waals surface area contributed by atoms with Crippen LogP contribution in [0.3, 0.4) is 0 Å². The molecule has 6 heteroatoms. The number of nitrogen functional groups attached to an aromatic ring is 1. The molecule has 4 N–H and O–H groups in total. The van der Waals surface area contributed by atoms with Crippen molar-refractivity contribution in [2.45, 2.75) is 32.4 Å². The topological polar surface area (TPSA) is 75.3 Å². The van der Waals surface area contributed by atoms with Crippen LogP contribution < -0.4 is 11.1 Å². The number of benzene rings is 1. The molecule has 0 heterocycles. The fraction of sp³-hybridized carbons (Fsp3) is 0.417.